The van der Waals surface area contributed by atoms with Crippen LogP contribution in [0, 0.1) is 0 Å². The first kappa shape index (κ1) is 18.1. The zero-order valence-corrected chi connectivity index (χ0v) is 17.1. The van der Waals surface area contributed by atoms with Crippen molar-refractivity contribution >= 4 is 28.6 Å². The van der Waals surface area contributed by atoms with Gasteiger partial charge in [0.2, 0.25) is 0 Å². The first-order valence-corrected chi connectivity index (χ1v) is 10.3. The summed E-state index contributed by atoms with van der Waals surface area (Å²) in [5.74, 6) is 0.629. The van der Waals surface area contributed by atoms with Gasteiger partial charge in [-0.2, -0.15) is 8.97 Å². The van der Waals surface area contributed by atoms with Crippen molar-refractivity contribution in [2.75, 3.05) is 7.11 Å². The molecule has 5 rings (SSSR count). The Morgan fingerprint density at radius 3 is 2.79 bits per heavy atom. The Morgan fingerprint density at radius 2 is 2.10 bits per heavy atom. The van der Waals surface area contributed by atoms with Crippen LogP contribution in [0.15, 0.2) is 53.6 Å². The van der Waals surface area contributed by atoms with E-state index in [9.17, 15) is 9.90 Å². The van der Waals surface area contributed by atoms with Gasteiger partial charge in [0.15, 0.2) is 10.0 Å². The van der Waals surface area contributed by atoms with Gasteiger partial charge in [0, 0.05) is 11.8 Å². The lowest BCUT2D eigenvalue weighted by Crippen LogP contribution is -2.46. The minimum Gasteiger partial charge on any atom is -0.497 e. The highest BCUT2D eigenvalue weighted by molar-refractivity contribution is 7.15. The number of pyridine rings is 1. The van der Waals surface area contributed by atoms with Crippen molar-refractivity contribution in [2.24, 2.45) is 0 Å². The molecule has 0 saturated carbocycles. The van der Waals surface area contributed by atoms with Gasteiger partial charge in [0.25, 0.3) is 11.5 Å². The monoisotopic (exact) mass is 426 g/mol. The van der Waals surface area contributed by atoms with Gasteiger partial charge < -0.3 is 9.84 Å². The molecular weight excluding hydrogens is 410 g/mol. The van der Waals surface area contributed by atoms with Crippen LogP contribution in [0.2, 0.25) is 4.47 Å². The number of rotatable bonds is 3. The van der Waals surface area contributed by atoms with Crippen LogP contribution < -0.4 is 14.7 Å². The number of nitrogens with zero attached hydrogens (tertiary/aromatic N) is 3. The fourth-order valence-corrected chi connectivity index (χ4v) is 5.11. The third-order valence-corrected chi connectivity index (χ3v) is 6.58. The maximum atomic E-state index is 13.3. The Kier molecular flexibility index (Phi) is 4.29. The van der Waals surface area contributed by atoms with E-state index in [2.05, 4.69) is 4.98 Å². The standard InChI is InChI=1S/C21H16ClN3O3S/c1-28-14-7-4-12(5-8-14)17-19(26)24-10-2-3-13-6-9-15(16-11-23-21(22)29-16)25(18(13)24)20(17)27/h2-5,7-8,10-11,15H,6,9H2,1H3/p+1. The highest BCUT2D eigenvalue weighted by Gasteiger charge is 2.36. The van der Waals surface area contributed by atoms with E-state index in [0.29, 0.717) is 21.4 Å². The van der Waals surface area contributed by atoms with Crippen LogP contribution in [-0.4, -0.2) is 21.8 Å². The number of methoxy groups -OCH3 is 1. The number of aromatic hydroxyl groups is 1. The molecule has 1 aromatic carbocycles. The molecule has 1 aliphatic rings. The molecular formula is C21H17ClN3O3S+. The quantitative estimate of drug-likeness (QED) is 0.508. The summed E-state index contributed by atoms with van der Waals surface area (Å²) < 4.78 is 9.12. The molecule has 0 aliphatic carbocycles. The highest BCUT2D eigenvalue weighted by Crippen LogP contribution is 2.39. The molecule has 4 heterocycles. The van der Waals surface area contributed by atoms with Crippen LogP contribution >= 0.6 is 22.9 Å². The van der Waals surface area contributed by atoms with Crippen molar-refractivity contribution in [3.05, 3.63) is 74.1 Å². The van der Waals surface area contributed by atoms with Crippen molar-refractivity contribution < 1.29 is 14.2 Å². The van der Waals surface area contributed by atoms with E-state index in [1.165, 1.54) is 11.3 Å². The Bertz CT molecular complexity index is 1300. The molecule has 0 bridgehead atoms. The molecule has 1 unspecified atom stereocenters. The SMILES string of the molecule is COc1ccc(-c2c(O)n3c4c(ccc[n+]4c2=O)CCC3c2cnc(Cl)s2)cc1. The third-order valence-electron chi connectivity index (χ3n) is 5.36. The van der Waals surface area contributed by atoms with E-state index < -0.39 is 0 Å². The summed E-state index contributed by atoms with van der Waals surface area (Å²) >= 11 is 7.46. The minimum absolute atomic E-state index is 0.0539. The van der Waals surface area contributed by atoms with Crippen LogP contribution in [-0.2, 0) is 6.42 Å². The zero-order chi connectivity index (χ0) is 20.1. The Morgan fingerprint density at radius 1 is 1.31 bits per heavy atom. The fraction of sp³-hybridized carbons (Fsp3) is 0.190. The number of ether oxygens (including phenoxy) is 1. The molecule has 3 aromatic heterocycles. The minimum atomic E-state index is -0.260. The van der Waals surface area contributed by atoms with E-state index in [1.54, 1.807) is 48.2 Å². The number of hydrogen-bond acceptors (Lipinski definition) is 5. The zero-order valence-electron chi connectivity index (χ0n) is 15.5. The maximum Gasteiger partial charge on any atom is 0.354 e. The van der Waals surface area contributed by atoms with Gasteiger partial charge >= 0.3 is 5.56 Å². The molecule has 1 atom stereocenters. The van der Waals surface area contributed by atoms with Crippen molar-refractivity contribution in [1.29, 1.82) is 0 Å². The molecule has 1 N–H and O–H groups in total. The first-order valence-electron chi connectivity index (χ1n) is 9.15. The van der Waals surface area contributed by atoms with Gasteiger partial charge in [0.1, 0.15) is 11.8 Å². The second-order valence-corrected chi connectivity index (χ2v) is 8.54. The summed E-state index contributed by atoms with van der Waals surface area (Å²) in [6.07, 6.45) is 5.06. The third kappa shape index (κ3) is 2.81. The lowest BCUT2D eigenvalue weighted by atomic mass is 9.99. The summed E-state index contributed by atoms with van der Waals surface area (Å²) in [6, 6.07) is 10.8. The predicted octanol–water partition coefficient (Wildman–Crippen LogP) is 3.61. The van der Waals surface area contributed by atoms with Crippen molar-refractivity contribution in [2.45, 2.75) is 18.9 Å². The summed E-state index contributed by atoms with van der Waals surface area (Å²) in [5.41, 5.74) is 2.35. The molecule has 0 radical (unpaired) electrons. The molecule has 0 spiro atoms. The highest BCUT2D eigenvalue weighted by atomic mass is 35.5. The van der Waals surface area contributed by atoms with Crippen molar-refractivity contribution in [1.82, 2.24) is 9.55 Å². The van der Waals surface area contributed by atoms with E-state index >= 15 is 0 Å². The van der Waals surface area contributed by atoms with E-state index in [1.807, 2.05) is 16.7 Å². The molecule has 146 valence electrons. The van der Waals surface area contributed by atoms with Crippen LogP contribution in [0.4, 0.5) is 0 Å². The summed E-state index contributed by atoms with van der Waals surface area (Å²) in [7, 11) is 1.59. The lowest BCUT2D eigenvalue weighted by molar-refractivity contribution is -0.532. The second-order valence-electron chi connectivity index (χ2n) is 6.90. The average Bonchev–Trinajstić information content (AvgIpc) is 3.18. The number of aromatic nitrogens is 3. The van der Waals surface area contributed by atoms with Crippen LogP contribution in [0.1, 0.15) is 22.9 Å². The number of thiazole rings is 1. The van der Waals surface area contributed by atoms with Gasteiger partial charge in [0.05, 0.1) is 18.2 Å². The average molecular weight is 427 g/mol. The fourth-order valence-electron chi connectivity index (χ4n) is 4.03. The van der Waals surface area contributed by atoms with E-state index in [4.69, 9.17) is 16.3 Å². The Hall–Kier alpha value is -2.90. The van der Waals surface area contributed by atoms with Crippen molar-refractivity contribution in [3.63, 3.8) is 0 Å². The van der Waals surface area contributed by atoms with Gasteiger partial charge in [-0.1, -0.05) is 23.7 Å². The molecule has 0 amide bonds. The number of benzene rings is 1. The van der Waals surface area contributed by atoms with Crippen LogP contribution in [0.25, 0.3) is 16.8 Å². The molecule has 29 heavy (non-hydrogen) atoms. The Labute approximate surface area is 175 Å². The lowest BCUT2D eigenvalue weighted by Gasteiger charge is -2.23. The summed E-state index contributed by atoms with van der Waals surface area (Å²) in [6.45, 7) is 0. The number of halogens is 1. The van der Waals surface area contributed by atoms with Crippen LogP contribution in [0.3, 0.4) is 0 Å². The summed E-state index contributed by atoms with van der Waals surface area (Å²) in [4.78, 5) is 18.4. The van der Waals surface area contributed by atoms with Gasteiger partial charge in [-0.25, -0.2) is 9.78 Å². The predicted molar refractivity (Wildman–Crippen MR) is 111 cm³/mol. The van der Waals surface area contributed by atoms with Crippen LogP contribution in [0.5, 0.6) is 11.6 Å². The van der Waals surface area contributed by atoms with Gasteiger partial charge in [-0.05, 0) is 42.7 Å². The molecule has 0 fully saturated rings. The van der Waals surface area contributed by atoms with E-state index in [-0.39, 0.29) is 23.0 Å². The maximum absolute atomic E-state index is 13.3. The molecule has 4 aromatic rings. The summed E-state index contributed by atoms with van der Waals surface area (Å²) in [5, 5.41) is 11.3. The second kappa shape index (κ2) is 6.86. The van der Waals surface area contributed by atoms with E-state index in [0.717, 1.165) is 23.3 Å². The number of hydrogen-bond donors (Lipinski definition) is 1. The largest absolute Gasteiger partial charge is 0.497 e. The number of aryl methyl sites for hydroxylation is 1. The molecule has 1 aliphatic heterocycles. The van der Waals surface area contributed by atoms with Gasteiger partial charge in [-0.3, -0.25) is 0 Å². The smallest absolute Gasteiger partial charge is 0.354 e. The molecule has 8 heteroatoms. The van der Waals surface area contributed by atoms with Crippen molar-refractivity contribution in [3.8, 4) is 22.8 Å². The normalized spacial score (nSPS) is 15.6. The Balaban J connectivity index is 1.84. The molecule has 0 saturated heterocycles. The first-order chi connectivity index (χ1) is 14.1. The molecule has 6 nitrogen and oxygen atoms in total. The topological polar surface area (TPSA) is 68.5 Å². The van der Waals surface area contributed by atoms with Gasteiger partial charge in [-0.15, -0.1) is 11.3 Å².